The Morgan fingerprint density at radius 2 is 2.03 bits per heavy atom. The third kappa shape index (κ3) is 4.63. The maximum Gasteiger partial charge on any atom is 0.159 e. The molecular formula is C29H27FN6S. The van der Waals surface area contributed by atoms with Gasteiger partial charge in [-0.05, 0) is 54.1 Å². The zero-order valence-electron chi connectivity index (χ0n) is 20.9. The number of pyridine rings is 1. The fourth-order valence-corrected chi connectivity index (χ4v) is 4.70. The minimum absolute atomic E-state index is 0.248. The first-order valence-electron chi connectivity index (χ1n) is 11.9. The lowest BCUT2D eigenvalue weighted by Crippen LogP contribution is -2.14. The SMILES string of the molecule is C=C/C(=C\C(=C/C)c1cc2c(-c3nc4c(-c5ccsc5)nccc4[nH]3)n[nH]c2cc1F)NC(=C)C(C)C. The number of H-pyrrole nitrogens is 2. The number of rotatable bonds is 8. The quantitative estimate of drug-likeness (QED) is 0.188. The molecule has 0 saturated heterocycles. The van der Waals surface area contributed by atoms with Gasteiger partial charge in [-0.3, -0.25) is 10.1 Å². The Morgan fingerprint density at radius 1 is 1.19 bits per heavy atom. The fourth-order valence-electron chi connectivity index (χ4n) is 4.06. The van der Waals surface area contributed by atoms with Crippen molar-refractivity contribution in [1.29, 1.82) is 0 Å². The first kappa shape index (κ1) is 24.4. The molecule has 0 spiro atoms. The largest absolute Gasteiger partial charge is 0.359 e. The minimum atomic E-state index is -0.355. The number of aromatic amines is 2. The first-order chi connectivity index (χ1) is 17.9. The second-order valence-corrected chi connectivity index (χ2v) is 9.74. The molecule has 0 saturated carbocycles. The smallest absolute Gasteiger partial charge is 0.159 e. The van der Waals surface area contributed by atoms with Crippen molar-refractivity contribution in [3.8, 4) is 22.8 Å². The molecule has 186 valence electrons. The molecule has 0 radical (unpaired) electrons. The van der Waals surface area contributed by atoms with Crippen LogP contribution in [0, 0.1) is 11.7 Å². The van der Waals surface area contributed by atoms with Crippen LogP contribution < -0.4 is 5.32 Å². The number of benzene rings is 1. The van der Waals surface area contributed by atoms with Crippen LogP contribution in [0.2, 0.25) is 0 Å². The number of halogens is 1. The van der Waals surface area contributed by atoms with E-state index in [-0.39, 0.29) is 11.7 Å². The Morgan fingerprint density at radius 3 is 2.73 bits per heavy atom. The van der Waals surface area contributed by atoms with Crippen LogP contribution in [0.5, 0.6) is 0 Å². The van der Waals surface area contributed by atoms with E-state index < -0.39 is 0 Å². The first-order valence-corrected chi connectivity index (χ1v) is 12.9. The van der Waals surface area contributed by atoms with Crippen LogP contribution in [0.3, 0.4) is 0 Å². The number of nitrogens with one attached hydrogen (secondary N) is 3. The zero-order valence-corrected chi connectivity index (χ0v) is 21.7. The number of hydrogen-bond donors (Lipinski definition) is 3. The average molecular weight is 511 g/mol. The molecule has 8 heteroatoms. The molecule has 3 N–H and O–H groups in total. The maximum atomic E-state index is 15.3. The Hall–Kier alpha value is -4.30. The molecule has 1 aromatic carbocycles. The van der Waals surface area contributed by atoms with Crippen LogP contribution in [0.1, 0.15) is 26.3 Å². The third-order valence-electron chi connectivity index (χ3n) is 6.23. The highest BCUT2D eigenvalue weighted by Crippen LogP contribution is 2.33. The van der Waals surface area contributed by atoms with Crippen molar-refractivity contribution in [2.75, 3.05) is 0 Å². The summed E-state index contributed by atoms with van der Waals surface area (Å²) in [6.45, 7) is 13.9. The van der Waals surface area contributed by atoms with Gasteiger partial charge >= 0.3 is 0 Å². The van der Waals surface area contributed by atoms with E-state index in [2.05, 4.69) is 52.5 Å². The number of allylic oxidation sites excluding steroid dienone is 5. The molecule has 0 aliphatic heterocycles. The van der Waals surface area contributed by atoms with Gasteiger partial charge in [-0.2, -0.15) is 16.4 Å². The molecule has 0 fully saturated rings. The van der Waals surface area contributed by atoms with Crippen LogP contribution in [0.15, 0.2) is 84.0 Å². The van der Waals surface area contributed by atoms with Crippen molar-refractivity contribution >= 4 is 38.8 Å². The maximum absolute atomic E-state index is 15.3. The second kappa shape index (κ2) is 9.99. The predicted molar refractivity (Wildman–Crippen MR) is 151 cm³/mol. The summed E-state index contributed by atoms with van der Waals surface area (Å²) in [5.41, 5.74) is 7.39. The van der Waals surface area contributed by atoms with Gasteiger partial charge in [0, 0.05) is 45.6 Å². The van der Waals surface area contributed by atoms with E-state index >= 15 is 4.39 Å². The van der Waals surface area contributed by atoms with Gasteiger partial charge < -0.3 is 10.3 Å². The Bertz CT molecular complexity index is 1680. The van der Waals surface area contributed by atoms with Gasteiger partial charge in [0.1, 0.15) is 17.0 Å². The molecule has 0 aliphatic rings. The Labute approximate surface area is 218 Å². The van der Waals surface area contributed by atoms with Crippen LogP contribution in [-0.2, 0) is 0 Å². The molecule has 4 aromatic heterocycles. The summed E-state index contributed by atoms with van der Waals surface area (Å²) in [6, 6.07) is 7.18. The molecule has 4 heterocycles. The summed E-state index contributed by atoms with van der Waals surface area (Å²) < 4.78 is 15.3. The van der Waals surface area contributed by atoms with Crippen molar-refractivity contribution < 1.29 is 4.39 Å². The third-order valence-corrected chi connectivity index (χ3v) is 6.91. The standard InChI is InChI=1S/C29H27FN6S/c1-6-18(12-20(7-2)32-17(5)16(3)4)21-13-22-25(14-23(21)30)35-36-27(22)29-33-24-8-10-31-26(28(24)34-29)19-9-11-37-15-19/h6-16,32H,2,5H2,1,3-4H3,(H,33,34)(H,35,36)/b18-6+,20-12+. The van der Waals surface area contributed by atoms with Crippen LogP contribution >= 0.6 is 11.3 Å². The lowest BCUT2D eigenvalue weighted by atomic mass is 10.0. The summed E-state index contributed by atoms with van der Waals surface area (Å²) in [6.07, 6.45) is 7.19. The summed E-state index contributed by atoms with van der Waals surface area (Å²) in [5, 5.41) is 15.5. The lowest BCUT2D eigenvalue weighted by Gasteiger charge is -2.14. The van der Waals surface area contributed by atoms with Gasteiger partial charge in [0.2, 0.25) is 0 Å². The lowest BCUT2D eigenvalue weighted by molar-refractivity contribution is 0.626. The van der Waals surface area contributed by atoms with E-state index in [1.165, 1.54) is 6.07 Å². The van der Waals surface area contributed by atoms with E-state index in [1.54, 1.807) is 29.7 Å². The van der Waals surface area contributed by atoms with Gasteiger partial charge in [0.05, 0.1) is 16.7 Å². The summed E-state index contributed by atoms with van der Waals surface area (Å²) in [4.78, 5) is 12.7. The summed E-state index contributed by atoms with van der Waals surface area (Å²) in [5.74, 6) is 0.479. The summed E-state index contributed by atoms with van der Waals surface area (Å²) >= 11 is 1.61. The van der Waals surface area contributed by atoms with E-state index in [1.807, 2.05) is 42.0 Å². The van der Waals surface area contributed by atoms with E-state index in [0.29, 0.717) is 28.2 Å². The number of fused-ring (bicyclic) bond motifs is 2. The van der Waals surface area contributed by atoms with Crippen molar-refractivity contribution in [2.45, 2.75) is 20.8 Å². The highest BCUT2D eigenvalue weighted by atomic mass is 32.1. The Balaban J connectivity index is 1.59. The van der Waals surface area contributed by atoms with Crippen molar-refractivity contribution in [1.82, 2.24) is 30.5 Å². The summed E-state index contributed by atoms with van der Waals surface area (Å²) in [7, 11) is 0. The molecule has 5 aromatic rings. The predicted octanol–water partition coefficient (Wildman–Crippen LogP) is 7.60. The minimum Gasteiger partial charge on any atom is -0.359 e. The van der Waals surface area contributed by atoms with Gasteiger partial charge in [-0.1, -0.05) is 33.1 Å². The monoisotopic (exact) mass is 510 g/mol. The highest BCUT2D eigenvalue weighted by molar-refractivity contribution is 7.08. The molecule has 0 bridgehead atoms. The van der Waals surface area contributed by atoms with E-state index in [0.717, 1.165) is 39.1 Å². The van der Waals surface area contributed by atoms with Gasteiger partial charge in [0.15, 0.2) is 5.82 Å². The number of aromatic nitrogens is 5. The molecule has 0 aliphatic carbocycles. The van der Waals surface area contributed by atoms with Crippen LogP contribution in [0.25, 0.3) is 50.3 Å². The molecule has 37 heavy (non-hydrogen) atoms. The molecule has 5 rings (SSSR count). The second-order valence-electron chi connectivity index (χ2n) is 8.96. The van der Waals surface area contributed by atoms with Crippen molar-refractivity contribution in [3.63, 3.8) is 0 Å². The molecular weight excluding hydrogens is 483 g/mol. The highest BCUT2D eigenvalue weighted by Gasteiger charge is 2.18. The fraction of sp³-hybridized carbons (Fsp3) is 0.138. The van der Waals surface area contributed by atoms with E-state index in [4.69, 9.17) is 4.98 Å². The van der Waals surface area contributed by atoms with Gasteiger partial charge in [0.25, 0.3) is 0 Å². The molecule has 0 atom stereocenters. The molecule has 0 unspecified atom stereocenters. The number of nitrogens with zero attached hydrogens (tertiary/aromatic N) is 3. The Kier molecular flexibility index (Phi) is 6.58. The number of thiophene rings is 1. The van der Waals surface area contributed by atoms with Crippen molar-refractivity contribution in [3.05, 3.63) is 95.4 Å². The number of imidazole rings is 1. The molecule has 0 amide bonds. The van der Waals surface area contributed by atoms with Crippen molar-refractivity contribution in [2.24, 2.45) is 5.92 Å². The molecule has 6 nitrogen and oxygen atoms in total. The average Bonchev–Trinajstić information content (AvgIpc) is 3.65. The topological polar surface area (TPSA) is 82.3 Å². The normalized spacial score (nSPS) is 12.6. The van der Waals surface area contributed by atoms with Crippen LogP contribution in [0.4, 0.5) is 4.39 Å². The van der Waals surface area contributed by atoms with Crippen LogP contribution in [-0.4, -0.2) is 25.1 Å². The number of hydrogen-bond acceptors (Lipinski definition) is 5. The zero-order chi connectivity index (χ0) is 26.1. The van der Waals surface area contributed by atoms with E-state index in [9.17, 15) is 0 Å². The van der Waals surface area contributed by atoms with Gasteiger partial charge in [-0.25, -0.2) is 9.37 Å². The van der Waals surface area contributed by atoms with Gasteiger partial charge in [-0.15, -0.1) is 0 Å².